The number of hydrogen-bond acceptors (Lipinski definition) is 4. The maximum Gasteiger partial charge on any atom is 0.243 e. The van der Waals surface area contributed by atoms with E-state index in [2.05, 4.69) is 5.32 Å². The molecule has 1 aliphatic heterocycles. The van der Waals surface area contributed by atoms with E-state index < -0.39 is 10.0 Å². The predicted molar refractivity (Wildman–Crippen MR) is 70.2 cm³/mol. The van der Waals surface area contributed by atoms with Crippen LogP contribution in [0.2, 0.25) is 0 Å². The first-order valence-corrected chi connectivity index (χ1v) is 7.44. The first kappa shape index (κ1) is 13.3. The van der Waals surface area contributed by atoms with Crippen molar-refractivity contribution in [3.05, 3.63) is 24.3 Å². The van der Waals surface area contributed by atoms with Gasteiger partial charge in [-0.3, -0.25) is 0 Å². The van der Waals surface area contributed by atoms with E-state index >= 15 is 0 Å². The zero-order chi connectivity index (χ0) is 13.0. The molecule has 6 heteroatoms. The van der Waals surface area contributed by atoms with Crippen molar-refractivity contribution in [3.63, 3.8) is 0 Å². The Hall–Kier alpha value is -1.11. The summed E-state index contributed by atoms with van der Waals surface area (Å²) in [6.45, 7) is 2.05. The van der Waals surface area contributed by atoms with Gasteiger partial charge in [-0.1, -0.05) is 0 Å². The maximum atomic E-state index is 12.4. The average molecular weight is 270 g/mol. The van der Waals surface area contributed by atoms with Crippen LogP contribution in [0.25, 0.3) is 0 Å². The van der Waals surface area contributed by atoms with Gasteiger partial charge < -0.3 is 10.1 Å². The standard InChI is InChI=1S/C12H18N2O3S/c1-13-11-3-5-12(6-4-11)18(15,16)14-7-2-9-17-10-8-14/h3-6,13H,2,7-10H2,1H3. The van der Waals surface area contributed by atoms with Gasteiger partial charge in [-0.05, 0) is 30.7 Å². The van der Waals surface area contributed by atoms with Crippen molar-refractivity contribution in [2.75, 3.05) is 38.7 Å². The molecule has 0 radical (unpaired) electrons. The van der Waals surface area contributed by atoms with Crippen molar-refractivity contribution in [3.8, 4) is 0 Å². The molecule has 1 N–H and O–H groups in total. The molecule has 0 saturated carbocycles. The van der Waals surface area contributed by atoms with Crippen LogP contribution in [0.1, 0.15) is 6.42 Å². The van der Waals surface area contributed by atoms with E-state index in [9.17, 15) is 8.42 Å². The Balaban J connectivity index is 2.22. The molecule has 0 bridgehead atoms. The normalized spacial score (nSPS) is 18.3. The number of rotatable bonds is 3. The molecule has 1 aromatic carbocycles. The highest BCUT2D eigenvalue weighted by molar-refractivity contribution is 7.89. The lowest BCUT2D eigenvalue weighted by Crippen LogP contribution is -2.33. The molecule has 18 heavy (non-hydrogen) atoms. The first-order valence-electron chi connectivity index (χ1n) is 6.00. The fourth-order valence-electron chi connectivity index (χ4n) is 1.91. The van der Waals surface area contributed by atoms with Gasteiger partial charge in [0.25, 0.3) is 0 Å². The SMILES string of the molecule is CNc1ccc(S(=O)(=O)N2CCCOCC2)cc1. The van der Waals surface area contributed by atoms with Gasteiger partial charge in [-0.15, -0.1) is 0 Å². The zero-order valence-electron chi connectivity index (χ0n) is 10.4. The van der Waals surface area contributed by atoms with Crippen LogP contribution < -0.4 is 5.32 Å². The fraction of sp³-hybridized carbons (Fsp3) is 0.500. The number of benzene rings is 1. The molecule has 0 aliphatic carbocycles. The van der Waals surface area contributed by atoms with Crippen LogP contribution >= 0.6 is 0 Å². The number of hydrogen-bond donors (Lipinski definition) is 1. The Morgan fingerprint density at radius 1 is 1.17 bits per heavy atom. The second-order valence-corrected chi connectivity index (χ2v) is 6.08. The summed E-state index contributed by atoms with van der Waals surface area (Å²) in [4.78, 5) is 0.336. The van der Waals surface area contributed by atoms with E-state index in [1.54, 1.807) is 31.3 Å². The summed E-state index contributed by atoms with van der Waals surface area (Å²) < 4.78 is 31.5. The van der Waals surface area contributed by atoms with Gasteiger partial charge in [0.1, 0.15) is 0 Å². The Morgan fingerprint density at radius 2 is 1.89 bits per heavy atom. The maximum absolute atomic E-state index is 12.4. The molecule has 2 rings (SSSR count). The quantitative estimate of drug-likeness (QED) is 0.895. The molecule has 100 valence electrons. The third-order valence-electron chi connectivity index (χ3n) is 2.96. The topological polar surface area (TPSA) is 58.6 Å². The summed E-state index contributed by atoms with van der Waals surface area (Å²) in [5.41, 5.74) is 0.896. The number of nitrogens with zero attached hydrogens (tertiary/aromatic N) is 1. The van der Waals surface area contributed by atoms with Crippen LogP contribution in [0.3, 0.4) is 0 Å². The smallest absolute Gasteiger partial charge is 0.243 e. The third-order valence-corrected chi connectivity index (χ3v) is 4.87. The van der Waals surface area contributed by atoms with Crippen molar-refractivity contribution in [1.82, 2.24) is 4.31 Å². The predicted octanol–water partition coefficient (Wildman–Crippen LogP) is 1.14. The lowest BCUT2D eigenvalue weighted by Gasteiger charge is -2.19. The van der Waals surface area contributed by atoms with Gasteiger partial charge in [-0.2, -0.15) is 4.31 Å². The van der Waals surface area contributed by atoms with Crippen molar-refractivity contribution in [2.45, 2.75) is 11.3 Å². The highest BCUT2D eigenvalue weighted by atomic mass is 32.2. The van der Waals surface area contributed by atoms with Gasteiger partial charge in [0.15, 0.2) is 0 Å². The Labute approximate surface area is 108 Å². The molecule has 0 unspecified atom stereocenters. The molecular formula is C12H18N2O3S. The summed E-state index contributed by atoms with van der Waals surface area (Å²) in [6, 6.07) is 6.79. The van der Waals surface area contributed by atoms with E-state index in [-0.39, 0.29) is 0 Å². The molecule has 0 spiro atoms. The van der Waals surface area contributed by atoms with E-state index in [4.69, 9.17) is 4.74 Å². The highest BCUT2D eigenvalue weighted by Crippen LogP contribution is 2.19. The second-order valence-electron chi connectivity index (χ2n) is 4.14. The van der Waals surface area contributed by atoms with Gasteiger partial charge in [0, 0.05) is 32.4 Å². The summed E-state index contributed by atoms with van der Waals surface area (Å²) in [7, 11) is -1.58. The second kappa shape index (κ2) is 5.69. The molecule has 0 amide bonds. The van der Waals surface area contributed by atoms with Crippen molar-refractivity contribution < 1.29 is 13.2 Å². The molecule has 1 aliphatic rings. The van der Waals surface area contributed by atoms with Crippen LogP contribution in [-0.4, -0.2) is 46.1 Å². The van der Waals surface area contributed by atoms with E-state index in [1.165, 1.54) is 4.31 Å². The van der Waals surface area contributed by atoms with Crippen LogP contribution in [0, 0.1) is 0 Å². The largest absolute Gasteiger partial charge is 0.388 e. The van der Waals surface area contributed by atoms with Crippen molar-refractivity contribution >= 4 is 15.7 Å². The Bertz CT molecular complexity index is 477. The van der Waals surface area contributed by atoms with Crippen LogP contribution in [0.4, 0.5) is 5.69 Å². The summed E-state index contributed by atoms with van der Waals surface area (Å²) in [5, 5.41) is 2.97. The monoisotopic (exact) mass is 270 g/mol. The van der Waals surface area contributed by atoms with Gasteiger partial charge >= 0.3 is 0 Å². The Morgan fingerprint density at radius 3 is 2.56 bits per heavy atom. The van der Waals surface area contributed by atoms with Gasteiger partial charge in [0.2, 0.25) is 10.0 Å². The minimum atomic E-state index is -3.38. The van der Waals surface area contributed by atoms with E-state index in [0.717, 1.165) is 12.1 Å². The van der Waals surface area contributed by atoms with E-state index in [1.807, 2.05) is 0 Å². The third kappa shape index (κ3) is 2.82. The van der Waals surface area contributed by atoms with Gasteiger partial charge in [0.05, 0.1) is 11.5 Å². The highest BCUT2D eigenvalue weighted by Gasteiger charge is 2.25. The molecular weight excluding hydrogens is 252 g/mol. The number of anilines is 1. The minimum absolute atomic E-state index is 0.336. The van der Waals surface area contributed by atoms with Crippen LogP contribution in [-0.2, 0) is 14.8 Å². The van der Waals surface area contributed by atoms with Crippen molar-refractivity contribution in [2.24, 2.45) is 0 Å². The molecule has 0 aromatic heterocycles. The number of sulfonamides is 1. The number of ether oxygens (including phenoxy) is 1. The van der Waals surface area contributed by atoms with Crippen LogP contribution in [0.5, 0.6) is 0 Å². The summed E-state index contributed by atoms with van der Waals surface area (Å²) in [5.74, 6) is 0. The lowest BCUT2D eigenvalue weighted by atomic mass is 10.3. The zero-order valence-corrected chi connectivity index (χ0v) is 11.2. The molecule has 5 nitrogen and oxygen atoms in total. The lowest BCUT2D eigenvalue weighted by molar-refractivity contribution is 0.148. The minimum Gasteiger partial charge on any atom is -0.388 e. The first-order chi connectivity index (χ1) is 8.64. The fourth-order valence-corrected chi connectivity index (χ4v) is 3.37. The van der Waals surface area contributed by atoms with Gasteiger partial charge in [-0.25, -0.2) is 8.42 Å². The summed E-state index contributed by atoms with van der Waals surface area (Å²) in [6.07, 6.45) is 0.744. The molecule has 1 saturated heterocycles. The molecule has 0 atom stereocenters. The average Bonchev–Trinajstić information content (AvgIpc) is 2.68. The molecule has 1 fully saturated rings. The van der Waals surface area contributed by atoms with Crippen LogP contribution in [0.15, 0.2) is 29.2 Å². The summed E-state index contributed by atoms with van der Waals surface area (Å²) >= 11 is 0. The van der Waals surface area contributed by atoms with Crippen molar-refractivity contribution in [1.29, 1.82) is 0 Å². The molecule has 1 heterocycles. The van der Waals surface area contributed by atoms with E-state index in [0.29, 0.717) is 31.2 Å². The molecule has 1 aromatic rings. The Kier molecular flexibility index (Phi) is 4.21. The number of nitrogens with one attached hydrogen (secondary N) is 1.